The number of hydrogen-bond acceptors (Lipinski definition) is 3. The molecule has 5 nitrogen and oxygen atoms in total. The van der Waals surface area contributed by atoms with Gasteiger partial charge >= 0.3 is 0 Å². The molecule has 0 saturated heterocycles. The number of nitrogens with one attached hydrogen (secondary N) is 2. The highest BCUT2D eigenvalue weighted by Gasteiger charge is 2.06. The second kappa shape index (κ2) is 11.6. The molecule has 0 spiro atoms. The SMILES string of the molecule is CCNC(=NCc1ccccn1)NCC(C)Oc1ccc(F)cc1.I. The molecule has 1 atom stereocenters. The van der Waals surface area contributed by atoms with Crippen LogP contribution in [0.15, 0.2) is 53.7 Å². The van der Waals surface area contributed by atoms with Crippen molar-refractivity contribution in [1.82, 2.24) is 15.6 Å². The summed E-state index contributed by atoms with van der Waals surface area (Å²) >= 11 is 0. The Kier molecular flexibility index (Phi) is 9.83. The second-order valence-corrected chi connectivity index (χ2v) is 5.28. The summed E-state index contributed by atoms with van der Waals surface area (Å²) in [6, 6.07) is 11.8. The summed E-state index contributed by atoms with van der Waals surface area (Å²) in [5.74, 6) is 1.07. The van der Waals surface area contributed by atoms with E-state index < -0.39 is 0 Å². The second-order valence-electron chi connectivity index (χ2n) is 5.28. The maximum Gasteiger partial charge on any atom is 0.191 e. The zero-order valence-electron chi connectivity index (χ0n) is 14.4. The van der Waals surface area contributed by atoms with E-state index in [0.29, 0.717) is 24.8 Å². The Morgan fingerprint density at radius 3 is 2.60 bits per heavy atom. The number of benzene rings is 1. The van der Waals surface area contributed by atoms with Crippen molar-refractivity contribution in [2.45, 2.75) is 26.5 Å². The van der Waals surface area contributed by atoms with Gasteiger partial charge in [0.2, 0.25) is 0 Å². The number of halogens is 2. The van der Waals surface area contributed by atoms with E-state index in [1.165, 1.54) is 12.1 Å². The van der Waals surface area contributed by atoms with Gasteiger partial charge in [-0.25, -0.2) is 9.38 Å². The summed E-state index contributed by atoms with van der Waals surface area (Å²) in [5, 5.41) is 6.42. The molecule has 0 saturated carbocycles. The minimum atomic E-state index is -0.274. The monoisotopic (exact) mass is 458 g/mol. The maximum absolute atomic E-state index is 12.9. The molecule has 0 aliphatic heterocycles. The molecule has 7 heteroatoms. The fourth-order valence-corrected chi connectivity index (χ4v) is 2.02. The largest absolute Gasteiger partial charge is 0.489 e. The van der Waals surface area contributed by atoms with E-state index >= 15 is 0 Å². The summed E-state index contributed by atoms with van der Waals surface area (Å²) in [5.41, 5.74) is 0.908. The molecule has 2 aromatic rings. The van der Waals surface area contributed by atoms with Crippen LogP contribution < -0.4 is 15.4 Å². The highest BCUT2D eigenvalue weighted by molar-refractivity contribution is 14.0. The molecule has 1 unspecified atom stereocenters. The topological polar surface area (TPSA) is 58.5 Å². The quantitative estimate of drug-likeness (QED) is 0.380. The van der Waals surface area contributed by atoms with E-state index in [-0.39, 0.29) is 35.9 Å². The number of aliphatic imine (C=N–C) groups is 1. The molecule has 0 radical (unpaired) electrons. The van der Waals surface area contributed by atoms with Gasteiger partial charge in [-0.2, -0.15) is 0 Å². The molecule has 2 rings (SSSR count). The number of rotatable bonds is 7. The Balaban J connectivity index is 0.00000312. The molecule has 1 aromatic heterocycles. The van der Waals surface area contributed by atoms with Gasteiger partial charge in [-0.05, 0) is 50.2 Å². The van der Waals surface area contributed by atoms with Gasteiger partial charge in [0.25, 0.3) is 0 Å². The Morgan fingerprint density at radius 2 is 1.96 bits per heavy atom. The van der Waals surface area contributed by atoms with Crippen LogP contribution in [0.3, 0.4) is 0 Å². The number of guanidine groups is 1. The highest BCUT2D eigenvalue weighted by Crippen LogP contribution is 2.12. The van der Waals surface area contributed by atoms with E-state index in [0.717, 1.165) is 12.2 Å². The predicted octanol–water partition coefficient (Wildman–Crippen LogP) is 3.36. The van der Waals surface area contributed by atoms with Crippen LogP contribution in [0.4, 0.5) is 4.39 Å². The number of nitrogens with zero attached hydrogens (tertiary/aromatic N) is 2. The van der Waals surface area contributed by atoms with Crippen molar-refractivity contribution in [3.05, 3.63) is 60.2 Å². The van der Waals surface area contributed by atoms with Gasteiger partial charge in [-0.1, -0.05) is 6.07 Å². The first-order valence-corrected chi connectivity index (χ1v) is 8.01. The lowest BCUT2D eigenvalue weighted by molar-refractivity contribution is 0.223. The smallest absolute Gasteiger partial charge is 0.191 e. The summed E-state index contributed by atoms with van der Waals surface area (Å²) in [4.78, 5) is 8.75. The minimum absolute atomic E-state index is 0. The number of aromatic nitrogens is 1. The predicted molar refractivity (Wildman–Crippen MR) is 109 cm³/mol. The summed E-state index contributed by atoms with van der Waals surface area (Å²) in [6.45, 7) is 5.80. The van der Waals surface area contributed by atoms with E-state index in [9.17, 15) is 4.39 Å². The van der Waals surface area contributed by atoms with E-state index in [2.05, 4.69) is 20.6 Å². The van der Waals surface area contributed by atoms with Crippen LogP contribution in [-0.4, -0.2) is 30.1 Å². The van der Waals surface area contributed by atoms with E-state index in [4.69, 9.17) is 4.74 Å². The van der Waals surface area contributed by atoms with Crippen LogP contribution in [0.2, 0.25) is 0 Å². The van der Waals surface area contributed by atoms with Gasteiger partial charge in [0.15, 0.2) is 5.96 Å². The normalized spacial score (nSPS) is 12.0. The Hall–Kier alpha value is -1.90. The fourth-order valence-electron chi connectivity index (χ4n) is 2.02. The fraction of sp³-hybridized carbons (Fsp3) is 0.333. The molecular weight excluding hydrogens is 434 g/mol. The molecule has 0 aliphatic carbocycles. The zero-order chi connectivity index (χ0) is 17.2. The van der Waals surface area contributed by atoms with Gasteiger partial charge < -0.3 is 15.4 Å². The van der Waals surface area contributed by atoms with E-state index in [1.807, 2.05) is 32.0 Å². The Morgan fingerprint density at radius 1 is 1.20 bits per heavy atom. The van der Waals surface area contributed by atoms with Crippen LogP contribution in [0.5, 0.6) is 5.75 Å². The molecule has 0 fully saturated rings. The van der Waals surface area contributed by atoms with Crippen LogP contribution >= 0.6 is 24.0 Å². The van der Waals surface area contributed by atoms with E-state index in [1.54, 1.807) is 18.3 Å². The molecule has 1 aromatic carbocycles. The lowest BCUT2D eigenvalue weighted by Gasteiger charge is -2.17. The molecule has 0 aliphatic rings. The van der Waals surface area contributed by atoms with Crippen LogP contribution in [0.1, 0.15) is 19.5 Å². The van der Waals surface area contributed by atoms with Crippen molar-refractivity contribution in [1.29, 1.82) is 0 Å². The zero-order valence-corrected chi connectivity index (χ0v) is 16.7. The number of ether oxygens (including phenoxy) is 1. The van der Waals surface area contributed by atoms with Gasteiger partial charge in [0.1, 0.15) is 17.7 Å². The summed E-state index contributed by atoms with van der Waals surface area (Å²) in [7, 11) is 0. The average molecular weight is 458 g/mol. The average Bonchev–Trinajstić information content (AvgIpc) is 2.60. The maximum atomic E-state index is 12.9. The van der Waals surface area contributed by atoms with Crippen molar-refractivity contribution >= 4 is 29.9 Å². The first-order chi connectivity index (χ1) is 11.7. The molecule has 1 heterocycles. The van der Waals surface area contributed by atoms with Crippen molar-refractivity contribution in [2.75, 3.05) is 13.1 Å². The van der Waals surface area contributed by atoms with Crippen LogP contribution in [0, 0.1) is 5.82 Å². The number of pyridine rings is 1. The van der Waals surface area contributed by atoms with Gasteiger partial charge in [0, 0.05) is 12.7 Å². The highest BCUT2D eigenvalue weighted by atomic mass is 127. The van der Waals surface area contributed by atoms with Gasteiger partial charge in [-0.3, -0.25) is 4.98 Å². The van der Waals surface area contributed by atoms with Crippen molar-refractivity contribution < 1.29 is 9.13 Å². The molecule has 2 N–H and O–H groups in total. The third-order valence-corrected chi connectivity index (χ3v) is 3.18. The van der Waals surface area contributed by atoms with Crippen molar-refractivity contribution in [3.8, 4) is 5.75 Å². The van der Waals surface area contributed by atoms with Gasteiger partial charge in [-0.15, -0.1) is 24.0 Å². The third-order valence-electron chi connectivity index (χ3n) is 3.18. The molecule has 25 heavy (non-hydrogen) atoms. The summed E-state index contributed by atoms with van der Waals surface area (Å²) < 4.78 is 18.6. The van der Waals surface area contributed by atoms with Crippen LogP contribution in [-0.2, 0) is 6.54 Å². The van der Waals surface area contributed by atoms with Gasteiger partial charge in [0.05, 0.1) is 18.8 Å². The summed E-state index contributed by atoms with van der Waals surface area (Å²) in [6.07, 6.45) is 1.67. The molecular formula is C18H24FIN4O. The number of hydrogen-bond donors (Lipinski definition) is 2. The van der Waals surface area contributed by atoms with Crippen molar-refractivity contribution in [3.63, 3.8) is 0 Å². The molecule has 0 bridgehead atoms. The third kappa shape index (κ3) is 8.15. The first-order valence-electron chi connectivity index (χ1n) is 8.01. The first kappa shape index (κ1) is 21.1. The Labute approximate surface area is 165 Å². The molecule has 136 valence electrons. The lowest BCUT2D eigenvalue weighted by Crippen LogP contribution is -2.41. The Bertz CT molecular complexity index is 637. The molecule has 0 amide bonds. The van der Waals surface area contributed by atoms with Crippen LogP contribution in [0.25, 0.3) is 0 Å². The van der Waals surface area contributed by atoms with Crippen molar-refractivity contribution in [2.24, 2.45) is 4.99 Å². The lowest BCUT2D eigenvalue weighted by atomic mass is 10.3. The standard InChI is InChI=1S/C18H23FN4O.HI/c1-3-20-18(23-13-16-6-4-5-11-21-16)22-12-14(2)24-17-9-7-15(19)8-10-17;/h4-11,14H,3,12-13H2,1-2H3,(H2,20,22,23);1H. The minimum Gasteiger partial charge on any atom is -0.489 e.